The SMILES string of the molecule is CCCC1CCC(OC(F)(F)C(/C=C\C2=C(C)C(F)C(F)c3c2ccc(OCC)c3F)=C\F)CC1. The second kappa shape index (κ2) is 11.7. The molecule has 1 aromatic rings. The summed E-state index contributed by atoms with van der Waals surface area (Å²) in [6, 6.07) is 2.61. The first-order valence-corrected chi connectivity index (χ1v) is 12.1. The van der Waals surface area contributed by atoms with E-state index in [0.29, 0.717) is 18.8 Å². The molecule has 2 unspecified atom stereocenters. The Morgan fingerprint density at radius 1 is 1.09 bits per heavy atom. The first-order valence-electron chi connectivity index (χ1n) is 12.1. The third-order valence-corrected chi connectivity index (χ3v) is 6.79. The fourth-order valence-electron chi connectivity index (χ4n) is 4.89. The fourth-order valence-corrected chi connectivity index (χ4v) is 4.89. The van der Waals surface area contributed by atoms with Crippen LogP contribution in [-0.4, -0.2) is 25.0 Å². The van der Waals surface area contributed by atoms with Gasteiger partial charge >= 0.3 is 6.11 Å². The van der Waals surface area contributed by atoms with Crippen molar-refractivity contribution in [3.8, 4) is 5.75 Å². The molecule has 2 atom stereocenters. The van der Waals surface area contributed by atoms with E-state index in [1.807, 2.05) is 0 Å². The second-order valence-electron chi connectivity index (χ2n) is 9.14. The number of ether oxygens (including phenoxy) is 2. The molecule has 1 saturated carbocycles. The number of alkyl halides is 4. The van der Waals surface area contributed by atoms with Gasteiger partial charge in [-0.15, -0.1) is 0 Å². The molecule has 0 heterocycles. The van der Waals surface area contributed by atoms with Gasteiger partial charge in [-0.05, 0) is 74.3 Å². The van der Waals surface area contributed by atoms with Gasteiger partial charge in [0, 0.05) is 5.56 Å². The van der Waals surface area contributed by atoms with E-state index in [1.165, 1.54) is 19.1 Å². The van der Waals surface area contributed by atoms with Gasteiger partial charge in [-0.1, -0.05) is 31.9 Å². The molecule has 8 heteroatoms. The van der Waals surface area contributed by atoms with Crippen LogP contribution < -0.4 is 4.74 Å². The van der Waals surface area contributed by atoms with Crippen LogP contribution in [-0.2, 0) is 4.74 Å². The van der Waals surface area contributed by atoms with Gasteiger partial charge in [-0.25, -0.2) is 17.6 Å². The zero-order chi connectivity index (χ0) is 25.8. The molecule has 2 aliphatic carbocycles. The predicted molar refractivity (Wildman–Crippen MR) is 124 cm³/mol. The summed E-state index contributed by atoms with van der Waals surface area (Å²) in [5, 5.41) is 0. The molecule has 0 N–H and O–H groups in total. The summed E-state index contributed by atoms with van der Waals surface area (Å²) in [6.07, 6.45) is -2.99. The Hall–Kier alpha value is -2.22. The largest absolute Gasteiger partial charge is 0.491 e. The molecule has 1 fully saturated rings. The van der Waals surface area contributed by atoms with Crippen molar-refractivity contribution in [2.24, 2.45) is 5.92 Å². The van der Waals surface area contributed by atoms with Crippen LogP contribution in [0.25, 0.3) is 5.57 Å². The molecule has 2 aliphatic rings. The molecule has 3 rings (SSSR count). The van der Waals surface area contributed by atoms with Crippen molar-refractivity contribution in [1.82, 2.24) is 0 Å². The van der Waals surface area contributed by atoms with Gasteiger partial charge < -0.3 is 9.47 Å². The van der Waals surface area contributed by atoms with Crippen LogP contribution in [0.5, 0.6) is 5.75 Å². The van der Waals surface area contributed by atoms with E-state index in [0.717, 1.165) is 37.8 Å². The van der Waals surface area contributed by atoms with Gasteiger partial charge in [0.1, 0.15) is 0 Å². The predicted octanol–water partition coefficient (Wildman–Crippen LogP) is 8.74. The number of benzene rings is 1. The standard InChI is InChI=1S/C27H32F6O2/c1-4-6-17-7-10-19(11-8-17)35-27(32,33)18(15-28)9-12-20-16(3)24(29)26(31)23-21(20)13-14-22(25(23)30)34-5-2/h9,12-15,17,19,24,26H,4-8,10-11H2,1-3H3/b12-9-,18-15-. The van der Waals surface area contributed by atoms with Crippen molar-refractivity contribution in [2.75, 3.05) is 6.61 Å². The van der Waals surface area contributed by atoms with Gasteiger partial charge in [-0.3, -0.25) is 0 Å². The van der Waals surface area contributed by atoms with E-state index in [2.05, 4.69) is 6.92 Å². The first kappa shape index (κ1) is 27.4. The average Bonchev–Trinajstić information content (AvgIpc) is 2.82. The molecule has 194 valence electrons. The molecule has 0 aromatic heterocycles. The monoisotopic (exact) mass is 502 g/mol. The van der Waals surface area contributed by atoms with E-state index in [1.54, 1.807) is 6.92 Å². The molecule has 0 spiro atoms. The number of rotatable bonds is 9. The molecular formula is C27H32F6O2. The van der Waals surface area contributed by atoms with Crippen LogP contribution in [0.2, 0.25) is 0 Å². The maximum absolute atomic E-state index is 14.9. The number of fused-ring (bicyclic) bond motifs is 1. The van der Waals surface area contributed by atoms with Crippen molar-refractivity contribution in [3.63, 3.8) is 0 Å². The van der Waals surface area contributed by atoms with Gasteiger partial charge in [0.2, 0.25) is 0 Å². The highest BCUT2D eigenvalue weighted by Gasteiger charge is 2.40. The minimum absolute atomic E-state index is 0.00132. The maximum Gasteiger partial charge on any atom is 0.385 e. The topological polar surface area (TPSA) is 18.5 Å². The smallest absolute Gasteiger partial charge is 0.385 e. The Kier molecular flexibility index (Phi) is 9.13. The van der Waals surface area contributed by atoms with Crippen LogP contribution in [0.4, 0.5) is 26.3 Å². The van der Waals surface area contributed by atoms with Crippen LogP contribution in [0.15, 0.2) is 41.8 Å². The summed E-state index contributed by atoms with van der Waals surface area (Å²) in [6.45, 7) is 5.10. The number of hydrogen-bond donors (Lipinski definition) is 0. The Morgan fingerprint density at radius 3 is 2.37 bits per heavy atom. The highest BCUT2D eigenvalue weighted by Crippen LogP contribution is 2.45. The number of hydrogen-bond acceptors (Lipinski definition) is 2. The Labute approximate surface area is 202 Å². The Morgan fingerprint density at radius 2 is 1.77 bits per heavy atom. The van der Waals surface area contributed by atoms with E-state index < -0.39 is 41.5 Å². The molecule has 35 heavy (non-hydrogen) atoms. The van der Waals surface area contributed by atoms with Crippen molar-refractivity contribution in [2.45, 2.75) is 83.9 Å². The van der Waals surface area contributed by atoms with Gasteiger partial charge in [-0.2, -0.15) is 8.78 Å². The summed E-state index contributed by atoms with van der Waals surface area (Å²) in [5.74, 6) is -0.795. The van der Waals surface area contributed by atoms with Crippen molar-refractivity contribution >= 4 is 5.57 Å². The van der Waals surface area contributed by atoms with E-state index in [9.17, 15) is 26.3 Å². The molecule has 1 aromatic carbocycles. The molecule has 0 radical (unpaired) electrons. The van der Waals surface area contributed by atoms with Gasteiger partial charge in [0.05, 0.1) is 24.6 Å². The van der Waals surface area contributed by atoms with Gasteiger partial charge in [0.15, 0.2) is 23.9 Å². The maximum atomic E-state index is 14.9. The minimum atomic E-state index is -3.92. The first-order chi connectivity index (χ1) is 16.6. The Bertz CT molecular complexity index is 976. The second-order valence-corrected chi connectivity index (χ2v) is 9.14. The molecule has 0 aliphatic heterocycles. The third kappa shape index (κ3) is 5.96. The summed E-state index contributed by atoms with van der Waals surface area (Å²) < 4.78 is 97.5. The zero-order valence-corrected chi connectivity index (χ0v) is 20.2. The Balaban J connectivity index is 1.84. The van der Waals surface area contributed by atoms with E-state index in [-0.39, 0.29) is 35.4 Å². The lowest BCUT2D eigenvalue weighted by atomic mass is 9.83. The molecular weight excluding hydrogens is 470 g/mol. The lowest BCUT2D eigenvalue weighted by Gasteiger charge is -2.31. The van der Waals surface area contributed by atoms with Crippen molar-refractivity contribution < 1.29 is 35.8 Å². The number of allylic oxidation sites excluding steroid dienone is 3. The molecule has 0 saturated heterocycles. The third-order valence-electron chi connectivity index (χ3n) is 6.79. The highest BCUT2D eigenvalue weighted by molar-refractivity contribution is 5.82. The summed E-state index contributed by atoms with van der Waals surface area (Å²) in [4.78, 5) is 0. The van der Waals surface area contributed by atoms with E-state index in [4.69, 9.17) is 9.47 Å². The van der Waals surface area contributed by atoms with Crippen molar-refractivity contribution in [1.29, 1.82) is 0 Å². The van der Waals surface area contributed by atoms with Crippen LogP contribution in [0.1, 0.15) is 76.6 Å². The summed E-state index contributed by atoms with van der Waals surface area (Å²) >= 11 is 0. The number of halogens is 6. The lowest BCUT2D eigenvalue weighted by molar-refractivity contribution is -0.240. The van der Waals surface area contributed by atoms with E-state index >= 15 is 0 Å². The van der Waals surface area contributed by atoms with Crippen LogP contribution in [0, 0.1) is 11.7 Å². The van der Waals surface area contributed by atoms with Crippen molar-refractivity contribution in [3.05, 3.63) is 58.7 Å². The van der Waals surface area contributed by atoms with Crippen LogP contribution in [0.3, 0.4) is 0 Å². The summed E-state index contributed by atoms with van der Waals surface area (Å²) in [5.41, 5.74) is -1.72. The highest BCUT2D eigenvalue weighted by atomic mass is 19.3. The zero-order valence-electron chi connectivity index (χ0n) is 20.2. The quantitative estimate of drug-likeness (QED) is 0.248. The molecule has 0 bridgehead atoms. The lowest BCUT2D eigenvalue weighted by Crippen LogP contribution is -2.32. The van der Waals surface area contributed by atoms with Crippen LogP contribution >= 0.6 is 0 Å². The average molecular weight is 503 g/mol. The minimum Gasteiger partial charge on any atom is -0.491 e. The van der Waals surface area contributed by atoms with Gasteiger partial charge in [0.25, 0.3) is 0 Å². The molecule has 2 nitrogen and oxygen atoms in total. The fraction of sp³-hybridized carbons (Fsp3) is 0.556. The normalized spacial score (nSPS) is 25.8. The summed E-state index contributed by atoms with van der Waals surface area (Å²) in [7, 11) is 0. The molecule has 0 amide bonds.